The fraction of sp³-hybridized carbons (Fsp3) is 0. The lowest BCUT2D eigenvalue weighted by atomic mass is 10.0. The molecule has 1 aromatic heterocycles. The van der Waals surface area contributed by atoms with Crippen LogP contribution in [0.1, 0.15) is 0 Å². The Hall–Kier alpha value is -3.18. The molecule has 0 saturated carbocycles. The van der Waals surface area contributed by atoms with Crippen molar-refractivity contribution < 1.29 is 4.79 Å². The number of nitrogens with one attached hydrogen (secondary N) is 1. The first-order valence-electron chi connectivity index (χ1n) is 5.85. The smallest absolute Gasteiger partial charge is 0.170 e. The molecule has 0 spiro atoms. The van der Waals surface area contributed by atoms with E-state index in [0.717, 1.165) is 16.2 Å². The van der Waals surface area contributed by atoms with Crippen LogP contribution < -0.4 is 16.2 Å². The predicted molar refractivity (Wildman–Crippen MR) is 70.3 cm³/mol. The zero-order valence-electron chi connectivity index (χ0n) is 10.0. The first-order chi connectivity index (χ1) is 9.88. The molecule has 0 amide bonds. The van der Waals surface area contributed by atoms with Gasteiger partial charge in [0, 0.05) is 10.8 Å². The number of aromatic nitrogens is 2. The molecule has 94 valence electrons. The molecular formula is C13H6N6O. The van der Waals surface area contributed by atoms with Gasteiger partial charge in [-0.05, 0) is 11.5 Å². The Morgan fingerprint density at radius 3 is 2.75 bits per heavy atom. The number of nitrogens with zero attached hydrogens (tertiary/aromatic N) is 5. The van der Waals surface area contributed by atoms with Crippen molar-refractivity contribution in [3.05, 3.63) is 41.0 Å². The Bertz CT molecular complexity index is 1040. The molecule has 1 aliphatic rings. The van der Waals surface area contributed by atoms with Gasteiger partial charge in [0.15, 0.2) is 11.3 Å². The fourth-order valence-corrected chi connectivity index (χ4v) is 2.34. The second-order valence-electron chi connectivity index (χ2n) is 4.25. The quantitative estimate of drug-likeness (QED) is 0.594. The Morgan fingerprint density at radius 1 is 1.05 bits per heavy atom. The lowest BCUT2D eigenvalue weighted by Gasteiger charge is -2.08. The molecule has 0 unspecified atom stereocenters. The summed E-state index contributed by atoms with van der Waals surface area (Å²) >= 11 is 0. The minimum absolute atomic E-state index is 0.158. The maximum atomic E-state index is 10.8. The van der Waals surface area contributed by atoms with E-state index in [9.17, 15) is 4.79 Å². The molecule has 2 heterocycles. The van der Waals surface area contributed by atoms with Gasteiger partial charge in [0.05, 0.1) is 0 Å². The minimum Gasteiger partial charge on any atom is -0.231 e. The molecule has 2 aromatic carbocycles. The molecule has 1 aliphatic heterocycles. The van der Waals surface area contributed by atoms with Crippen molar-refractivity contribution in [3.63, 3.8) is 0 Å². The summed E-state index contributed by atoms with van der Waals surface area (Å²) in [6, 6.07) is 9.35. The minimum atomic E-state index is 0.158. The first kappa shape index (κ1) is 10.7. The van der Waals surface area contributed by atoms with Gasteiger partial charge in [0.2, 0.25) is 0 Å². The van der Waals surface area contributed by atoms with Gasteiger partial charge >= 0.3 is 0 Å². The summed E-state index contributed by atoms with van der Waals surface area (Å²) in [4.78, 5) is 10.8. The zero-order chi connectivity index (χ0) is 13.5. The molecule has 0 radical (unpaired) electrons. The van der Waals surface area contributed by atoms with E-state index in [1.165, 1.54) is 0 Å². The van der Waals surface area contributed by atoms with Crippen LogP contribution in [0.15, 0.2) is 45.8 Å². The van der Waals surface area contributed by atoms with Crippen molar-refractivity contribution in [1.82, 2.24) is 15.7 Å². The van der Waals surface area contributed by atoms with Gasteiger partial charge in [0.25, 0.3) is 0 Å². The molecule has 4 rings (SSSR count). The maximum absolute atomic E-state index is 10.8. The van der Waals surface area contributed by atoms with E-state index in [-0.39, 0.29) is 5.35 Å². The number of carbonyl (C=O) groups excluding carboxylic acids is 1. The van der Waals surface area contributed by atoms with E-state index < -0.39 is 0 Å². The average Bonchev–Trinajstić information content (AvgIpc) is 2.54. The molecule has 3 aromatic rings. The third-order valence-corrected chi connectivity index (χ3v) is 3.18. The van der Waals surface area contributed by atoms with Gasteiger partial charge in [-0.2, -0.15) is 10.6 Å². The van der Waals surface area contributed by atoms with E-state index in [1.54, 1.807) is 12.0 Å². The molecule has 7 heteroatoms. The lowest BCUT2D eigenvalue weighted by molar-refractivity contribution is 0.566. The monoisotopic (exact) mass is 262 g/mol. The van der Waals surface area contributed by atoms with Crippen LogP contribution in [0.25, 0.3) is 21.7 Å². The van der Waals surface area contributed by atoms with Gasteiger partial charge in [-0.3, -0.25) is 0 Å². The van der Waals surface area contributed by atoms with Crippen molar-refractivity contribution in [2.45, 2.75) is 0 Å². The topological polar surface area (TPSA) is 92.0 Å². The number of fused-ring (bicyclic) bond motifs is 6. The molecule has 0 bridgehead atoms. The number of rotatable bonds is 0. The van der Waals surface area contributed by atoms with Crippen LogP contribution in [0.4, 0.5) is 5.69 Å². The van der Waals surface area contributed by atoms with E-state index in [2.05, 4.69) is 31.2 Å². The first-order valence-corrected chi connectivity index (χ1v) is 5.85. The maximum Gasteiger partial charge on any atom is 0.170 e. The Balaban J connectivity index is 2.41. The molecule has 20 heavy (non-hydrogen) atoms. The molecule has 0 fully saturated rings. The van der Waals surface area contributed by atoms with Crippen molar-refractivity contribution in [2.24, 2.45) is 15.4 Å². The largest absolute Gasteiger partial charge is 0.231 e. The second-order valence-corrected chi connectivity index (χ2v) is 4.25. The Kier molecular flexibility index (Phi) is 2.09. The summed E-state index contributed by atoms with van der Waals surface area (Å²) in [6.07, 6.45) is 0. The molecule has 7 nitrogen and oxygen atoms in total. The van der Waals surface area contributed by atoms with Crippen molar-refractivity contribution in [1.29, 1.82) is 0 Å². The lowest BCUT2D eigenvalue weighted by Crippen LogP contribution is -2.16. The highest BCUT2D eigenvalue weighted by Gasteiger charge is 2.14. The molecule has 0 saturated heterocycles. The Labute approximate surface area is 111 Å². The van der Waals surface area contributed by atoms with Crippen LogP contribution in [-0.4, -0.2) is 16.1 Å². The zero-order valence-corrected chi connectivity index (χ0v) is 10.0. The van der Waals surface area contributed by atoms with Gasteiger partial charge in [-0.1, -0.05) is 29.5 Å². The Morgan fingerprint density at radius 2 is 1.90 bits per heavy atom. The second kappa shape index (κ2) is 3.91. The van der Waals surface area contributed by atoms with Gasteiger partial charge in [-0.15, -0.1) is 15.3 Å². The predicted octanol–water partition coefficient (Wildman–Crippen LogP) is 0.423. The van der Waals surface area contributed by atoms with Crippen molar-refractivity contribution in [3.8, 4) is 0 Å². The van der Waals surface area contributed by atoms with Crippen LogP contribution in [0.5, 0.6) is 0 Å². The van der Waals surface area contributed by atoms with Crippen molar-refractivity contribution >= 4 is 33.3 Å². The standard InChI is InChI=1S/C13H6N6O/c20-6-7-5-10-8-3-1-2-4-9(8)11-13(12(10)15-14-7)17-19-18-16-11/h1-5H,(H,17,18). The fourth-order valence-electron chi connectivity index (χ4n) is 2.34. The van der Waals surface area contributed by atoms with Crippen LogP contribution in [-0.2, 0) is 4.79 Å². The van der Waals surface area contributed by atoms with E-state index in [1.807, 2.05) is 24.3 Å². The SMILES string of the molecule is O=C=c1cc2c(nn1)c1c(c3ccccc32)=NNN=N1. The van der Waals surface area contributed by atoms with E-state index >= 15 is 0 Å². The highest BCUT2D eigenvalue weighted by molar-refractivity contribution is 6.10. The summed E-state index contributed by atoms with van der Waals surface area (Å²) in [5.41, 5.74) is 3.60. The van der Waals surface area contributed by atoms with Crippen LogP contribution in [0, 0.1) is 0 Å². The third kappa shape index (κ3) is 1.35. The molecule has 0 aliphatic carbocycles. The molecule has 0 atom stereocenters. The van der Waals surface area contributed by atoms with E-state index in [0.29, 0.717) is 16.6 Å². The number of benzene rings is 2. The van der Waals surface area contributed by atoms with Crippen LogP contribution in [0.3, 0.4) is 0 Å². The highest BCUT2D eigenvalue weighted by Crippen LogP contribution is 2.27. The van der Waals surface area contributed by atoms with Gasteiger partial charge in [0.1, 0.15) is 16.6 Å². The number of hydrogen-bond donors (Lipinski definition) is 1. The normalized spacial score (nSPS) is 12.6. The summed E-state index contributed by atoms with van der Waals surface area (Å²) in [5, 5.41) is 23.2. The summed E-state index contributed by atoms with van der Waals surface area (Å²) in [6.45, 7) is 0. The van der Waals surface area contributed by atoms with Crippen LogP contribution >= 0.6 is 0 Å². The summed E-state index contributed by atoms with van der Waals surface area (Å²) in [7, 11) is 0. The van der Waals surface area contributed by atoms with Crippen molar-refractivity contribution in [2.75, 3.05) is 0 Å². The highest BCUT2D eigenvalue weighted by atomic mass is 16.1. The summed E-state index contributed by atoms with van der Waals surface area (Å²) < 4.78 is 0. The molecular weight excluding hydrogens is 256 g/mol. The molecule has 1 N–H and O–H groups in total. The van der Waals surface area contributed by atoms with Gasteiger partial charge < -0.3 is 0 Å². The summed E-state index contributed by atoms with van der Waals surface area (Å²) in [5.74, 6) is 1.75. The van der Waals surface area contributed by atoms with Gasteiger partial charge in [-0.25, -0.2) is 4.79 Å². The van der Waals surface area contributed by atoms with E-state index in [4.69, 9.17) is 0 Å². The van der Waals surface area contributed by atoms with Crippen LogP contribution in [0.2, 0.25) is 0 Å². The third-order valence-electron chi connectivity index (χ3n) is 3.18. The number of hydrogen-bond acceptors (Lipinski definition) is 7. The average molecular weight is 262 g/mol.